The van der Waals surface area contributed by atoms with E-state index in [0.29, 0.717) is 28.5 Å². The first-order valence-corrected chi connectivity index (χ1v) is 9.81. The third-order valence-corrected chi connectivity index (χ3v) is 5.78. The van der Waals surface area contributed by atoms with Crippen molar-refractivity contribution in [2.24, 2.45) is 14.1 Å². The first-order valence-electron chi connectivity index (χ1n) is 9.43. The number of halogens is 1. The van der Waals surface area contributed by atoms with E-state index in [1.807, 2.05) is 65.4 Å². The molecular weight excluding hydrogens is 402 g/mol. The van der Waals surface area contributed by atoms with E-state index in [1.165, 1.54) is 11.6 Å². The zero-order valence-corrected chi connectivity index (χ0v) is 17.2. The smallest absolute Gasteiger partial charge is 0.305 e. The summed E-state index contributed by atoms with van der Waals surface area (Å²) < 4.78 is 6.27. The van der Waals surface area contributed by atoms with Crippen molar-refractivity contribution < 1.29 is 0 Å². The molecule has 3 aromatic heterocycles. The van der Waals surface area contributed by atoms with Gasteiger partial charge >= 0.3 is 5.69 Å². The number of rotatable bonds is 3. The van der Waals surface area contributed by atoms with Crippen LogP contribution in [0.3, 0.4) is 0 Å². The van der Waals surface area contributed by atoms with Crippen molar-refractivity contribution in [1.82, 2.24) is 23.1 Å². The highest BCUT2D eigenvalue weighted by Crippen LogP contribution is 2.27. The van der Waals surface area contributed by atoms with Gasteiger partial charge in [0.15, 0.2) is 11.2 Å². The Morgan fingerprint density at radius 1 is 0.933 bits per heavy atom. The summed E-state index contributed by atoms with van der Waals surface area (Å²) in [6.45, 7) is 0.470. The third kappa shape index (κ3) is 2.63. The van der Waals surface area contributed by atoms with Crippen LogP contribution in [0, 0.1) is 0 Å². The Bertz CT molecular complexity index is 1540. The molecule has 30 heavy (non-hydrogen) atoms. The molecule has 3 heterocycles. The van der Waals surface area contributed by atoms with Crippen molar-refractivity contribution in [3.05, 3.63) is 92.2 Å². The first-order chi connectivity index (χ1) is 14.5. The van der Waals surface area contributed by atoms with Gasteiger partial charge in [0.25, 0.3) is 5.56 Å². The minimum atomic E-state index is -0.408. The lowest BCUT2D eigenvalue weighted by Crippen LogP contribution is -2.37. The fourth-order valence-electron chi connectivity index (χ4n) is 3.81. The Balaban J connectivity index is 1.88. The number of nitrogens with zero attached hydrogens (tertiary/aromatic N) is 5. The van der Waals surface area contributed by atoms with Crippen LogP contribution in [0.1, 0.15) is 5.56 Å². The lowest BCUT2D eigenvalue weighted by Gasteiger charge is -2.10. The number of aromatic nitrogens is 5. The number of hydrogen-bond acceptors (Lipinski definition) is 3. The Hall–Kier alpha value is -3.58. The topological polar surface area (TPSA) is 66.2 Å². The van der Waals surface area contributed by atoms with Gasteiger partial charge in [-0.25, -0.2) is 4.79 Å². The van der Waals surface area contributed by atoms with Crippen molar-refractivity contribution in [2.75, 3.05) is 0 Å². The van der Waals surface area contributed by atoms with Gasteiger partial charge < -0.3 is 4.57 Å². The Kier molecular flexibility index (Phi) is 4.15. The van der Waals surface area contributed by atoms with Gasteiger partial charge in [-0.2, -0.15) is 4.98 Å². The second kappa shape index (κ2) is 6.74. The molecule has 0 amide bonds. The summed E-state index contributed by atoms with van der Waals surface area (Å²) in [5, 5.41) is 0.655. The highest BCUT2D eigenvalue weighted by Gasteiger charge is 2.21. The molecule has 0 N–H and O–H groups in total. The second-order valence-corrected chi connectivity index (χ2v) is 7.62. The largest absolute Gasteiger partial charge is 0.332 e. The van der Waals surface area contributed by atoms with Crippen LogP contribution in [0.5, 0.6) is 0 Å². The van der Waals surface area contributed by atoms with Crippen LogP contribution in [0.2, 0.25) is 5.02 Å². The molecule has 0 bridgehead atoms. The van der Waals surface area contributed by atoms with E-state index in [9.17, 15) is 9.59 Å². The molecule has 0 radical (unpaired) electrons. The number of fused-ring (bicyclic) bond motifs is 3. The molecule has 0 spiro atoms. The maximum atomic E-state index is 12.9. The van der Waals surface area contributed by atoms with E-state index in [-0.39, 0.29) is 5.56 Å². The molecule has 0 fully saturated rings. The molecule has 2 aromatic carbocycles. The quantitative estimate of drug-likeness (QED) is 0.451. The van der Waals surface area contributed by atoms with Crippen LogP contribution < -0.4 is 11.2 Å². The standard InChI is InChI=1S/C22H18ClN5O2/c1-25-19-18(20(29)26(2)22(25)30)28-13-17(14-8-4-3-5-9-14)27(21(28)24-19)12-15-10-6-7-11-16(15)23/h3-11,13H,12H2,1-2H3. The summed E-state index contributed by atoms with van der Waals surface area (Å²) in [5.74, 6) is 0.571. The van der Waals surface area contributed by atoms with Gasteiger partial charge in [-0.15, -0.1) is 0 Å². The molecule has 0 aliphatic heterocycles. The van der Waals surface area contributed by atoms with Crippen molar-refractivity contribution >= 4 is 28.5 Å². The van der Waals surface area contributed by atoms with E-state index < -0.39 is 5.69 Å². The van der Waals surface area contributed by atoms with Crippen molar-refractivity contribution in [2.45, 2.75) is 6.54 Å². The summed E-state index contributed by atoms with van der Waals surface area (Å²) in [5.41, 5.74) is 2.75. The number of benzene rings is 2. The molecular formula is C22H18ClN5O2. The summed E-state index contributed by atoms with van der Waals surface area (Å²) in [6.07, 6.45) is 1.89. The van der Waals surface area contributed by atoms with E-state index in [0.717, 1.165) is 21.4 Å². The number of hydrogen-bond donors (Lipinski definition) is 0. The first kappa shape index (κ1) is 18.4. The minimum absolute atomic E-state index is 0.352. The van der Waals surface area contributed by atoms with Gasteiger partial charge in [-0.3, -0.25) is 18.3 Å². The van der Waals surface area contributed by atoms with Crippen LogP contribution in [-0.2, 0) is 20.6 Å². The predicted octanol–water partition coefficient (Wildman–Crippen LogP) is 3.06. The lowest BCUT2D eigenvalue weighted by molar-refractivity contribution is 0.707. The molecule has 8 heteroatoms. The Labute approximate surface area is 176 Å². The predicted molar refractivity (Wildman–Crippen MR) is 117 cm³/mol. The van der Waals surface area contributed by atoms with E-state index in [2.05, 4.69) is 4.98 Å². The highest BCUT2D eigenvalue weighted by molar-refractivity contribution is 6.31. The Morgan fingerprint density at radius 3 is 2.37 bits per heavy atom. The average molecular weight is 420 g/mol. The van der Waals surface area contributed by atoms with Gasteiger partial charge in [0.05, 0.1) is 12.2 Å². The Morgan fingerprint density at radius 2 is 1.63 bits per heavy atom. The SMILES string of the molecule is Cn1c(=O)c2c(nc3n(Cc4ccccc4Cl)c(-c4ccccc4)cn23)n(C)c1=O. The average Bonchev–Trinajstić information content (AvgIpc) is 3.30. The van der Waals surface area contributed by atoms with Gasteiger partial charge in [-0.1, -0.05) is 60.1 Å². The molecule has 150 valence electrons. The number of imidazole rings is 2. The normalized spacial score (nSPS) is 11.6. The third-order valence-electron chi connectivity index (χ3n) is 5.41. The molecule has 0 atom stereocenters. The van der Waals surface area contributed by atoms with Gasteiger partial charge in [-0.05, 0) is 17.2 Å². The zero-order valence-electron chi connectivity index (χ0n) is 16.4. The van der Waals surface area contributed by atoms with Gasteiger partial charge in [0, 0.05) is 25.3 Å². The molecule has 5 aromatic rings. The summed E-state index contributed by atoms with van der Waals surface area (Å²) in [7, 11) is 3.09. The van der Waals surface area contributed by atoms with E-state index >= 15 is 0 Å². The van der Waals surface area contributed by atoms with Crippen molar-refractivity contribution in [3.8, 4) is 11.3 Å². The molecule has 0 aliphatic carbocycles. The summed E-state index contributed by atoms with van der Waals surface area (Å²) in [6, 6.07) is 17.5. The van der Waals surface area contributed by atoms with Crippen molar-refractivity contribution in [1.29, 1.82) is 0 Å². The van der Waals surface area contributed by atoms with Crippen LogP contribution in [0.4, 0.5) is 0 Å². The van der Waals surface area contributed by atoms with Crippen molar-refractivity contribution in [3.63, 3.8) is 0 Å². The molecule has 0 unspecified atom stereocenters. The maximum Gasteiger partial charge on any atom is 0.332 e. The van der Waals surface area contributed by atoms with E-state index in [1.54, 1.807) is 11.4 Å². The van der Waals surface area contributed by atoms with Crippen LogP contribution >= 0.6 is 11.6 Å². The minimum Gasteiger partial charge on any atom is -0.305 e. The maximum absolute atomic E-state index is 12.9. The lowest BCUT2D eigenvalue weighted by atomic mass is 10.1. The fraction of sp³-hybridized carbons (Fsp3) is 0.136. The molecule has 0 saturated heterocycles. The molecule has 0 aliphatic rings. The number of aryl methyl sites for hydroxylation is 1. The summed E-state index contributed by atoms with van der Waals surface area (Å²) in [4.78, 5) is 29.9. The fourth-order valence-corrected chi connectivity index (χ4v) is 4.00. The highest BCUT2D eigenvalue weighted by atomic mass is 35.5. The summed E-state index contributed by atoms with van der Waals surface area (Å²) >= 11 is 6.42. The van der Waals surface area contributed by atoms with Crippen LogP contribution in [0.25, 0.3) is 28.2 Å². The van der Waals surface area contributed by atoms with Crippen LogP contribution in [-0.4, -0.2) is 23.1 Å². The van der Waals surface area contributed by atoms with Gasteiger partial charge in [0.1, 0.15) is 0 Å². The molecule has 7 nitrogen and oxygen atoms in total. The van der Waals surface area contributed by atoms with Crippen LogP contribution in [0.15, 0.2) is 70.4 Å². The zero-order chi connectivity index (χ0) is 21.0. The van der Waals surface area contributed by atoms with Gasteiger partial charge in [0.2, 0.25) is 5.78 Å². The monoisotopic (exact) mass is 419 g/mol. The molecule has 5 rings (SSSR count). The second-order valence-electron chi connectivity index (χ2n) is 7.22. The molecule has 0 saturated carbocycles. The van der Waals surface area contributed by atoms with E-state index in [4.69, 9.17) is 11.6 Å².